The monoisotopic (exact) mass is 1210 g/mol. The van der Waals surface area contributed by atoms with Crippen LogP contribution in [0.3, 0.4) is 0 Å². The first-order chi connectivity index (χ1) is 41.0. The Bertz CT molecular complexity index is 2330. The number of Topliss-reactive ketones (excluding diaryl/α,β-unsaturated/α-hetero) is 1. The van der Waals surface area contributed by atoms with Crippen LogP contribution in [0, 0.1) is 33.0 Å². The van der Waals surface area contributed by atoms with Gasteiger partial charge in [0.05, 0.1) is 5.60 Å². The number of unbranched alkanes of at least 4 members (excludes halogenated alkanes) is 1. The normalized spacial score (nSPS) is 25.2. The van der Waals surface area contributed by atoms with Gasteiger partial charge in [0.25, 0.3) is 0 Å². The lowest BCUT2D eigenvalue weighted by Crippen LogP contribution is -2.39. The van der Waals surface area contributed by atoms with Crippen LogP contribution in [0.4, 0.5) is 0 Å². The number of carbonyl (C=O) groups is 6. The second kappa shape index (κ2) is 35.8. The van der Waals surface area contributed by atoms with Gasteiger partial charge in [-0.1, -0.05) is 121 Å². The van der Waals surface area contributed by atoms with Crippen molar-refractivity contribution in [1.82, 2.24) is 0 Å². The SMILES string of the molecule is C=C(C)C(=O)OC1(C)CCC2(CCCC2)CC1.C=CC(C)=O.CC1(O)CCC2(CCCC2)CC1.O=C1C=CC2(C=C1)CCCC2.O=C1C=CC2(CCCC2)CC1.O=C1CCC2(CCCC2)CC1.O=CC1CCCC1.Oc1ccc(CCCCCl)cc1. The van der Waals surface area contributed by atoms with Gasteiger partial charge in [0, 0.05) is 42.0 Å². The fraction of sp³-hybridized carbons (Fsp3) is 0.711. The molecule has 9 fully saturated rings. The molecule has 86 heavy (non-hydrogen) atoms. The molecule has 2 N–H and O–H groups in total. The minimum absolute atomic E-state index is 0.0185. The van der Waals surface area contributed by atoms with Crippen LogP contribution in [0.25, 0.3) is 0 Å². The second-order valence-corrected chi connectivity index (χ2v) is 29.3. The van der Waals surface area contributed by atoms with Crippen molar-refractivity contribution < 1.29 is 43.7 Å². The van der Waals surface area contributed by atoms with E-state index in [0.717, 1.165) is 95.6 Å². The molecule has 0 radical (unpaired) electrons. The third-order valence-electron chi connectivity index (χ3n) is 21.8. The summed E-state index contributed by atoms with van der Waals surface area (Å²) < 4.78 is 5.60. The van der Waals surface area contributed by atoms with Crippen molar-refractivity contribution in [1.29, 1.82) is 0 Å². The van der Waals surface area contributed by atoms with Gasteiger partial charge in [-0.3, -0.25) is 19.2 Å². The van der Waals surface area contributed by atoms with E-state index in [9.17, 15) is 33.9 Å². The first-order valence-corrected chi connectivity index (χ1v) is 34.8. The van der Waals surface area contributed by atoms with E-state index in [1.165, 1.54) is 198 Å². The summed E-state index contributed by atoms with van der Waals surface area (Å²) in [7, 11) is 0. The summed E-state index contributed by atoms with van der Waals surface area (Å²) in [5.74, 6) is 2.24. The summed E-state index contributed by atoms with van der Waals surface area (Å²) in [6.07, 6.45) is 64.5. The number of aryl methyl sites for hydroxylation is 1. The van der Waals surface area contributed by atoms with Crippen LogP contribution in [0.5, 0.6) is 5.75 Å². The third kappa shape index (κ3) is 25.3. The first-order valence-electron chi connectivity index (χ1n) is 34.2. The molecule has 9 nitrogen and oxygen atoms in total. The van der Waals surface area contributed by atoms with Gasteiger partial charge in [-0.25, -0.2) is 4.79 Å². The predicted molar refractivity (Wildman–Crippen MR) is 352 cm³/mol. The number of allylic oxidation sites excluding steroid dienone is 7. The van der Waals surface area contributed by atoms with E-state index in [1.54, 1.807) is 37.3 Å². The minimum Gasteiger partial charge on any atom is -0.508 e. The van der Waals surface area contributed by atoms with Gasteiger partial charge in [0.2, 0.25) is 0 Å². The Kier molecular flexibility index (Phi) is 30.2. The molecule has 1 aromatic carbocycles. The molecular formula is C76H115ClO9. The predicted octanol–water partition coefficient (Wildman–Crippen LogP) is 19.4. The van der Waals surface area contributed by atoms with E-state index >= 15 is 0 Å². The number of aldehydes is 1. The van der Waals surface area contributed by atoms with Crippen LogP contribution in [-0.2, 0) is 39.9 Å². The highest BCUT2D eigenvalue weighted by Gasteiger charge is 2.44. The van der Waals surface area contributed by atoms with Gasteiger partial charge in [-0.05, 0) is 258 Å². The topological polar surface area (TPSA) is 152 Å². The Morgan fingerprint density at radius 1 is 0.593 bits per heavy atom. The lowest BCUT2D eigenvalue weighted by atomic mass is 9.68. The lowest BCUT2D eigenvalue weighted by Gasteiger charge is -2.42. The standard InChI is InChI=1S/C15H24O2.C11H20O.C10H13ClO.C10H16O.C10H14O.C10H12O.C6H10O.C4H6O/c1-12(2)13(16)17-14(3)8-10-15(11-9-14)6-4-5-7-15;1-10(12)6-8-11(9-7-10)4-2-3-5-11;11-8-2-1-3-9-4-6-10(12)7-5-9;3*11-9-3-7-10(8-4-9)5-1-2-6-10;7-5-6-3-1-2-4-6;1-3-4(2)5/h1,4-11H2,2-3H3;12H,2-9H2,1H3;4-7,12H,1-3,8H2;1-8H2;3,7H,1-2,4-6,8H2;3-4,7-8H,1-2,5-6H2;5-6H,1-4H2;3H,1H2,2H3. The van der Waals surface area contributed by atoms with Crippen LogP contribution in [0.15, 0.2) is 85.5 Å². The smallest absolute Gasteiger partial charge is 0.333 e. The molecule has 0 heterocycles. The van der Waals surface area contributed by atoms with Crippen molar-refractivity contribution in [2.45, 2.75) is 302 Å². The third-order valence-corrected chi connectivity index (χ3v) is 22.0. The van der Waals surface area contributed by atoms with E-state index < -0.39 is 0 Å². The number of halogens is 1. The molecular weight excluding hydrogens is 1090 g/mol. The maximum atomic E-state index is 11.6. The zero-order valence-corrected chi connectivity index (χ0v) is 55.0. The van der Waals surface area contributed by atoms with Crippen LogP contribution < -0.4 is 0 Å². The Hall–Kier alpha value is -4.21. The summed E-state index contributed by atoms with van der Waals surface area (Å²) in [5, 5.41) is 18.8. The number of aliphatic hydroxyl groups is 1. The summed E-state index contributed by atoms with van der Waals surface area (Å²) in [5.41, 5.74) is 3.80. The number of ether oxygens (including phenoxy) is 1. The van der Waals surface area contributed by atoms with E-state index in [-0.39, 0.29) is 34.2 Å². The molecule has 0 amide bonds. The van der Waals surface area contributed by atoms with E-state index in [0.29, 0.717) is 50.5 Å². The quantitative estimate of drug-likeness (QED) is 0.0852. The van der Waals surface area contributed by atoms with Gasteiger partial charge in [-0.15, -0.1) is 11.6 Å². The molecule has 10 heteroatoms. The molecule has 0 aliphatic heterocycles. The Morgan fingerprint density at radius 2 is 1.05 bits per heavy atom. The molecule has 0 atom stereocenters. The van der Waals surface area contributed by atoms with Crippen molar-refractivity contribution in [3.05, 3.63) is 91.1 Å². The number of alkyl halides is 1. The van der Waals surface area contributed by atoms with Gasteiger partial charge in [0.15, 0.2) is 17.3 Å². The van der Waals surface area contributed by atoms with Crippen molar-refractivity contribution in [3.63, 3.8) is 0 Å². The fourth-order valence-electron chi connectivity index (χ4n) is 15.4. The summed E-state index contributed by atoms with van der Waals surface area (Å²) in [4.78, 5) is 64.1. The number of carbonyl (C=O) groups excluding carboxylic acids is 6. The minimum atomic E-state index is -0.339. The highest BCUT2D eigenvalue weighted by Crippen LogP contribution is 2.53. The number of rotatable bonds is 8. The number of aromatic hydroxyl groups is 1. The Morgan fingerprint density at radius 3 is 1.47 bits per heavy atom. The summed E-state index contributed by atoms with van der Waals surface area (Å²) >= 11 is 5.55. The van der Waals surface area contributed by atoms with Crippen LogP contribution >= 0.6 is 11.6 Å². The molecule has 1 aromatic rings. The molecule has 0 bridgehead atoms. The number of phenols is 1. The molecule has 0 unspecified atom stereocenters. The van der Waals surface area contributed by atoms with Gasteiger partial charge in [-0.2, -0.15) is 0 Å². The van der Waals surface area contributed by atoms with Crippen LogP contribution in [-0.4, -0.2) is 62.7 Å². The molecule has 0 aromatic heterocycles. The molecule has 9 saturated carbocycles. The number of hydrogen-bond acceptors (Lipinski definition) is 9. The van der Waals surface area contributed by atoms with Gasteiger partial charge in [0.1, 0.15) is 23.4 Å². The average Bonchev–Trinajstić information content (AvgIpc) is 3.52. The molecule has 480 valence electrons. The maximum absolute atomic E-state index is 11.6. The van der Waals surface area contributed by atoms with Crippen LogP contribution in [0.1, 0.15) is 290 Å². The number of phenolic OH excluding ortho intramolecular Hbond substituents is 1. The zero-order chi connectivity index (χ0) is 62.6. The number of benzene rings is 1. The van der Waals surface area contributed by atoms with Gasteiger partial charge >= 0.3 is 5.97 Å². The molecule has 11 aliphatic carbocycles. The van der Waals surface area contributed by atoms with Crippen molar-refractivity contribution in [2.75, 3.05) is 5.88 Å². The van der Waals surface area contributed by atoms with Gasteiger partial charge < -0.3 is 19.7 Å². The highest BCUT2D eigenvalue weighted by atomic mass is 35.5. The van der Waals surface area contributed by atoms with Crippen molar-refractivity contribution in [2.24, 2.45) is 33.0 Å². The lowest BCUT2D eigenvalue weighted by molar-refractivity contribution is -0.158. The molecule has 11 aliphatic rings. The van der Waals surface area contributed by atoms with E-state index in [1.807, 2.05) is 19.1 Å². The highest BCUT2D eigenvalue weighted by molar-refractivity contribution is 6.17. The second-order valence-electron chi connectivity index (χ2n) is 29.0. The molecule has 5 spiro atoms. The Balaban J connectivity index is 0.000000183. The van der Waals surface area contributed by atoms with Crippen molar-refractivity contribution in [3.8, 4) is 5.75 Å². The summed E-state index contributed by atoms with van der Waals surface area (Å²) in [6.45, 7) is 14.1. The summed E-state index contributed by atoms with van der Waals surface area (Å²) in [6, 6.07) is 7.33. The van der Waals surface area contributed by atoms with E-state index in [2.05, 4.69) is 38.3 Å². The zero-order valence-electron chi connectivity index (χ0n) is 54.2. The number of ketones is 4. The first kappa shape index (κ1) is 72.5. The van der Waals surface area contributed by atoms with Crippen LogP contribution in [0.2, 0.25) is 0 Å². The number of esters is 1. The number of hydrogen-bond donors (Lipinski definition) is 2. The fourth-order valence-corrected chi connectivity index (χ4v) is 15.6. The maximum Gasteiger partial charge on any atom is 0.333 e. The van der Waals surface area contributed by atoms with E-state index in [4.69, 9.17) is 21.4 Å². The molecule has 12 rings (SSSR count). The largest absolute Gasteiger partial charge is 0.508 e. The average molecular weight is 1210 g/mol. The Labute approximate surface area is 525 Å². The molecule has 0 saturated heterocycles. The van der Waals surface area contributed by atoms with Crippen molar-refractivity contribution >= 4 is 47.0 Å².